The highest BCUT2D eigenvalue weighted by Gasteiger charge is 2.00. The third kappa shape index (κ3) is 5.52. The van der Waals surface area contributed by atoms with Crippen molar-refractivity contribution in [2.24, 2.45) is 0 Å². The molecule has 1 heterocycles. The molecule has 96 valence electrons. The van der Waals surface area contributed by atoms with E-state index in [-0.39, 0.29) is 0 Å². The predicted molar refractivity (Wildman–Crippen MR) is 75.5 cm³/mol. The molecule has 0 fully saturated rings. The van der Waals surface area contributed by atoms with Crippen molar-refractivity contribution in [1.82, 2.24) is 15.2 Å². The average molecular weight is 253 g/mol. The second-order valence-corrected chi connectivity index (χ2v) is 5.03. The summed E-state index contributed by atoms with van der Waals surface area (Å²) in [5, 5.41) is 4.25. The minimum atomic E-state index is 0.886. The fourth-order valence-electron chi connectivity index (χ4n) is 1.62. The van der Waals surface area contributed by atoms with E-state index >= 15 is 0 Å². The molecule has 1 aromatic rings. The molecule has 0 amide bonds. The molecular weight excluding hydrogens is 230 g/mol. The molecule has 4 heteroatoms. The van der Waals surface area contributed by atoms with Crippen molar-refractivity contribution in [3.63, 3.8) is 0 Å². The molecule has 3 nitrogen and oxygen atoms in total. The molecule has 1 aromatic heterocycles. The van der Waals surface area contributed by atoms with Gasteiger partial charge in [-0.1, -0.05) is 19.9 Å². The predicted octanol–water partition coefficient (Wildman–Crippen LogP) is 2.23. The van der Waals surface area contributed by atoms with Gasteiger partial charge in [0.2, 0.25) is 0 Å². The molecule has 0 atom stereocenters. The summed E-state index contributed by atoms with van der Waals surface area (Å²) in [7, 11) is 1.95. The zero-order valence-electron chi connectivity index (χ0n) is 11.1. The number of nitrogens with one attached hydrogen (secondary N) is 1. The van der Waals surface area contributed by atoms with Gasteiger partial charge in [-0.2, -0.15) is 0 Å². The molecule has 0 saturated heterocycles. The third-order valence-corrected chi connectivity index (χ3v) is 3.65. The SMILES string of the molecule is CCN(CC)CCSc1ccc(CNC)cn1. The summed E-state index contributed by atoms with van der Waals surface area (Å²) < 4.78 is 0. The van der Waals surface area contributed by atoms with Gasteiger partial charge in [-0.25, -0.2) is 4.98 Å². The van der Waals surface area contributed by atoms with Crippen LogP contribution in [0.2, 0.25) is 0 Å². The van der Waals surface area contributed by atoms with Crippen molar-refractivity contribution >= 4 is 11.8 Å². The van der Waals surface area contributed by atoms with E-state index in [1.807, 2.05) is 25.0 Å². The van der Waals surface area contributed by atoms with E-state index < -0.39 is 0 Å². The van der Waals surface area contributed by atoms with E-state index in [0.29, 0.717) is 0 Å². The summed E-state index contributed by atoms with van der Waals surface area (Å²) >= 11 is 1.83. The Labute approximate surface area is 109 Å². The van der Waals surface area contributed by atoms with Crippen LogP contribution < -0.4 is 5.32 Å². The maximum absolute atomic E-state index is 4.45. The molecule has 0 aliphatic carbocycles. The molecule has 0 unspecified atom stereocenters. The fourth-order valence-corrected chi connectivity index (χ4v) is 2.47. The number of rotatable bonds is 8. The Morgan fingerprint density at radius 2 is 2.06 bits per heavy atom. The fraction of sp³-hybridized carbons (Fsp3) is 0.615. The van der Waals surface area contributed by atoms with Crippen molar-refractivity contribution < 1.29 is 0 Å². The van der Waals surface area contributed by atoms with E-state index in [4.69, 9.17) is 0 Å². The van der Waals surface area contributed by atoms with Crippen LogP contribution in [0.1, 0.15) is 19.4 Å². The van der Waals surface area contributed by atoms with Gasteiger partial charge in [0.25, 0.3) is 0 Å². The maximum Gasteiger partial charge on any atom is 0.0960 e. The summed E-state index contributed by atoms with van der Waals surface area (Å²) in [5.74, 6) is 1.11. The highest BCUT2D eigenvalue weighted by Crippen LogP contribution is 2.15. The minimum absolute atomic E-state index is 0.886. The van der Waals surface area contributed by atoms with Crippen LogP contribution in [0.5, 0.6) is 0 Å². The first-order valence-corrected chi connectivity index (χ1v) is 7.23. The lowest BCUT2D eigenvalue weighted by atomic mass is 10.3. The first-order valence-electron chi connectivity index (χ1n) is 6.24. The second kappa shape index (κ2) is 8.50. The number of thioether (sulfide) groups is 1. The van der Waals surface area contributed by atoms with Gasteiger partial charge >= 0.3 is 0 Å². The lowest BCUT2D eigenvalue weighted by molar-refractivity contribution is 0.324. The average Bonchev–Trinajstić information content (AvgIpc) is 2.37. The van der Waals surface area contributed by atoms with Gasteiger partial charge in [-0.15, -0.1) is 11.8 Å². The van der Waals surface area contributed by atoms with Gasteiger partial charge in [0.05, 0.1) is 5.03 Å². The highest BCUT2D eigenvalue weighted by atomic mass is 32.2. The van der Waals surface area contributed by atoms with E-state index in [1.54, 1.807) is 0 Å². The lowest BCUT2D eigenvalue weighted by Crippen LogP contribution is -2.25. The van der Waals surface area contributed by atoms with Crippen molar-refractivity contribution in [3.8, 4) is 0 Å². The first-order chi connectivity index (χ1) is 8.30. The number of pyridine rings is 1. The number of aromatic nitrogens is 1. The Hall–Kier alpha value is -0.580. The van der Waals surface area contributed by atoms with Crippen molar-refractivity contribution in [2.45, 2.75) is 25.4 Å². The van der Waals surface area contributed by atoms with Crippen LogP contribution in [0.25, 0.3) is 0 Å². The Balaban J connectivity index is 2.31. The van der Waals surface area contributed by atoms with E-state index in [0.717, 1.165) is 37.0 Å². The Morgan fingerprint density at radius 1 is 1.29 bits per heavy atom. The molecule has 1 N–H and O–H groups in total. The van der Waals surface area contributed by atoms with Crippen LogP contribution in [0.3, 0.4) is 0 Å². The van der Waals surface area contributed by atoms with Crippen LogP contribution in [0, 0.1) is 0 Å². The molecule has 0 aliphatic rings. The summed E-state index contributed by atoms with van der Waals surface area (Å²) in [6.45, 7) is 8.70. The summed E-state index contributed by atoms with van der Waals surface area (Å²) in [5.41, 5.74) is 1.24. The summed E-state index contributed by atoms with van der Waals surface area (Å²) in [6, 6.07) is 4.25. The van der Waals surface area contributed by atoms with Crippen LogP contribution in [0.15, 0.2) is 23.4 Å². The molecule has 0 radical (unpaired) electrons. The second-order valence-electron chi connectivity index (χ2n) is 3.91. The van der Waals surface area contributed by atoms with Gasteiger partial charge in [0.15, 0.2) is 0 Å². The van der Waals surface area contributed by atoms with Crippen LogP contribution in [0.4, 0.5) is 0 Å². The van der Waals surface area contributed by atoms with Gasteiger partial charge in [-0.3, -0.25) is 0 Å². The van der Waals surface area contributed by atoms with Crippen LogP contribution >= 0.6 is 11.8 Å². The molecule has 1 rings (SSSR count). The van der Waals surface area contributed by atoms with E-state index in [1.165, 1.54) is 5.56 Å². The Morgan fingerprint density at radius 3 is 2.59 bits per heavy atom. The topological polar surface area (TPSA) is 28.2 Å². The Kier molecular flexibility index (Phi) is 7.24. The number of nitrogens with zero attached hydrogens (tertiary/aromatic N) is 2. The normalized spacial score (nSPS) is 11.1. The number of hydrogen-bond acceptors (Lipinski definition) is 4. The summed E-state index contributed by atoms with van der Waals surface area (Å²) in [6.07, 6.45) is 1.95. The Bertz CT molecular complexity index is 296. The zero-order valence-corrected chi connectivity index (χ0v) is 11.9. The molecule has 17 heavy (non-hydrogen) atoms. The first kappa shape index (κ1) is 14.5. The molecule has 0 spiro atoms. The third-order valence-electron chi connectivity index (χ3n) is 2.73. The molecule has 0 saturated carbocycles. The van der Waals surface area contributed by atoms with E-state index in [9.17, 15) is 0 Å². The van der Waals surface area contributed by atoms with Crippen molar-refractivity contribution in [3.05, 3.63) is 23.9 Å². The monoisotopic (exact) mass is 253 g/mol. The van der Waals surface area contributed by atoms with Gasteiger partial charge < -0.3 is 10.2 Å². The summed E-state index contributed by atoms with van der Waals surface area (Å²) in [4.78, 5) is 6.88. The maximum atomic E-state index is 4.45. The minimum Gasteiger partial charge on any atom is -0.316 e. The van der Waals surface area contributed by atoms with E-state index in [2.05, 4.69) is 41.2 Å². The van der Waals surface area contributed by atoms with Gasteiger partial charge in [-0.05, 0) is 31.8 Å². The van der Waals surface area contributed by atoms with Crippen LogP contribution in [-0.4, -0.2) is 42.3 Å². The zero-order chi connectivity index (χ0) is 12.5. The smallest absolute Gasteiger partial charge is 0.0960 e. The molecule has 0 bridgehead atoms. The standard InChI is InChI=1S/C13H23N3S/c1-4-16(5-2)8-9-17-13-7-6-12(10-14-3)11-15-13/h6-7,11,14H,4-5,8-10H2,1-3H3. The highest BCUT2D eigenvalue weighted by molar-refractivity contribution is 7.99. The molecule has 0 aliphatic heterocycles. The van der Waals surface area contributed by atoms with Gasteiger partial charge in [0.1, 0.15) is 0 Å². The van der Waals surface area contributed by atoms with Crippen molar-refractivity contribution in [2.75, 3.05) is 32.4 Å². The lowest BCUT2D eigenvalue weighted by Gasteiger charge is -2.17. The number of hydrogen-bond donors (Lipinski definition) is 1. The molecule has 0 aromatic carbocycles. The molecular formula is C13H23N3S. The quantitative estimate of drug-likeness (QED) is 0.719. The van der Waals surface area contributed by atoms with Gasteiger partial charge in [0, 0.05) is 25.0 Å². The largest absolute Gasteiger partial charge is 0.316 e. The van der Waals surface area contributed by atoms with Crippen molar-refractivity contribution in [1.29, 1.82) is 0 Å². The van der Waals surface area contributed by atoms with Crippen LogP contribution in [-0.2, 0) is 6.54 Å².